The molecule has 1 aromatic carbocycles. The van der Waals surface area contributed by atoms with Crippen LogP contribution in [0.3, 0.4) is 0 Å². The number of amides is 1. The van der Waals surface area contributed by atoms with Gasteiger partial charge < -0.3 is 9.88 Å². The first-order chi connectivity index (χ1) is 11.9. The smallest absolute Gasteiger partial charge is 0.262 e. The van der Waals surface area contributed by atoms with Crippen molar-refractivity contribution in [1.82, 2.24) is 14.9 Å². The fraction of sp³-hybridized carbons (Fsp3) is 0.235. The molecule has 0 aliphatic heterocycles. The van der Waals surface area contributed by atoms with E-state index in [-0.39, 0.29) is 30.0 Å². The largest absolute Gasteiger partial charge is 0.351 e. The fourth-order valence-electron chi connectivity index (χ4n) is 2.58. The van der Waals surface area contributed by atoms with Gasteiger partial charge in [0.2, 0.25) is 0 Å². The summed E-state index contributed by atoms with van der Waals surface area (Å²) >= 11 is 1.12. The first-order valence-corrected chi connectivity index (χ1v) is 8.37. The monoisotopic (exact) mass is 363 g/mol. The second-order valence-corrected chi connectivity index (χ2v) is 6.60. The SMILES string of the molecule is Cc1c(C(=O)NCCc2c(F)cccc2F)sc2ncn(C)c(=O)c12. The summed E-state index contributed by atoms with van der Waals surface area (Å²) in [7, 11) is 1.59. The molecule has 2 aromatic heterocycles. The number of aryl methyl sites for hydroxylation is 2. The van der Waals surface area contributed by atoms with Crippen LogP contribution in [0.4, 0.5) is 8.78 Å². The van der Waals surface area contributed by atoms with Gasteiger partial charge in [-0.3, -0.25) is 9.59 Å². The van der Waals surface area contributed by atoms with Crippen molar-refractivity contribution in [1.29, 1.82) is 0 Å². The summed E-state index contributed by atoms with van der Waals surface area (Å²) in [6, 6.07) is 3.65. The number of halogens is 2. The predicted octanol–water partition coefficient (Wildman–Crippen LogP) is 2.55. The molecule has 0 saturated carbocycles. The van der Waals surface area contributed by atoms with E-state index in [1.807, 2.05) is 0 Å². The van der Waals surface area contributed by atoms with E-state index >= 15 is 0 Å². The fourth-order valence-corrected chi connectivity index (χ4v) is 3.63. The van der Waals surface area contributed by atoms with Gasteiger partial charge in [0.05, 0.1) is 16.6 Å². The highest BCUT2D eigenvalue weighted by molar-refractivity contribution is 7.20. The Morgan fingerprint density at radius 1 is 1.32 bits per heavy atom. The number of benzene rings is 1. The Morgan fingerprint density at radius 2 is 2.00 bits per heavy atom. The maximum absolute atomic E-state index is 13.6. The van der Waals surface area contributed by atoms with E-state index in [1.54, 1.807) is 14.0 Å². The van der Waals surface area contributed by atoms with Gasteiger partial charge >= 0.3 is 0 Å². The predicted molar refractivity (Wildman–Crippen MR) is 92.0 cm³/mol. The third-order valence-electron chi connectivity index (χ3n) is 3.94. The molecular formula is C17H15F2N3O2S. The Bertz CT molecular complexity index is 1010. The maximum Gasteiger partial charge on any atom is 0.262 e. The highest BCUT2D eigenvalue weighted by atomic mass is 32.1. The van der Waals surface area contributed by atoms with Crippen LogP contribution in [0.1, 0.15) is 20.8 Å². The normalized spacial score (nSPS) is 11.0. The molecule has 0 bridgehead atoms. The van der Waals surface area contributed by atoms with Crippen molar-refractivity contribution >= 4 is 27.5 Å². The lowest BCUT2D eigenvalue weighted by Gasteiger charge is -2.06. The molecule has 130 valence electrons. The first kappa shape index (κ1) is 17.2. The summed E-state index contributed by atoms with van der Waals surface area (Å²) in [5.74, 6) is -1.67. The van der Waals surface area contributed by atoms with Crippen LogP contribution in [-0.2, 0) is 13.5 Å². The summed E-state index contributed by atoms with van der Waals surface area (Å²) in [6.45, 7) is 1.77. The van der Waals surface area contributed by atoms with Gasteiger partial charge in [-0.05, 0) is 31.0 Å². The highest BCUT2D eigenvalue weighted by Crippen LogP contribution is 2.26. The third kappa shape index (κ3) is 3.17. The molecule has 0 radical (unpaired) electrons. The minimum Gasteiger partial charge on any atom is -0.351 e. The molecule has 5 nitrogen and oxygen atoms in total. The van der Waals surface area contributed by atoms with E-state index in [0.29, 0.717) is 20.7 Å². The highest BCUT2D eigenvalue weighted by Gasteiger charge is 2.19. The van der Waals surface area contributed by atoms with E-state index in [9.17, 15) is 18.4 Å². The Morgan fingerprint density at radius 3 is 2.68 bits per heavy atom. The van der Waals surface area contributed by atoms with E-state index in [0.717, 1.165) is 11.3 Å². The lowest BCUT2D eigenvalue weighted by Crippen LogP contribution is -2.26. The number of hydrogen-bond acceptors (Lipinski definition) is 4. The van der Waals surface area contributed by atoms with Gasteiger partial charge in [0.25, 0.3) is 11.5 Å². The number of aromatic nitrogens is 2. The maximum atomic E-state index is 13.6. The molecule has 0 unspecified atom stereocenters. The molecule has 0 saturated heterocycles. The molecule has 0 aliphatic rings. The Balaban J connectivity index is 1.78. The van der Waals surface area contributed by atoms with Crippen LogP contribution in [-0.4, -0.2) is 22.0 Å². The zero-order valence-electron chi connectivity index (χ0n) is 13.6. The van der Waals surface area contributed by atoms with Gasteiger partial charge in [0.1, 0.15) is 16.5 Å². The van der Waals surface area contributed by atoms with Crippen molar-refractivity contribution in [2.75, 3.05) is 6.54 Å². The van der Waals surface area contributed by atoms with Crippen LogP contribution in [0.25, 0.3) is 10.2 Å². The van der Waals surface area contributed by atoms with E-state index in [1.165, 1.54) is 29.1 Å². The van der Waals surface area contributed by atoms with Gasteiger partial charge in [0, 0.05) is 19.2 Å². The summed E-state index contributed by atoms with van der Waals surface area (Å²) in [5, 5.41) is 3.06. The summed E-state index contributed by atoms with van der Waals surface area (Å²) in [5.41, 5.74) is 0.279. The molecule has 0 fully saturated rings. The topological polar surface area (TPSA) is 64.0 Å². The van der Waals surface area contributed by atoms with Crippen LogP contribution < -0.4 is 10.9 Å². The molecule has 1 N–H and O–H groups in total. The number of carbonyl (C=O) groups is 1. The molecule has 3 rings (SSSR count). The van der Waals surface area contributed by atoms with Gasteiger partial charge in [-0.25, -0.2) is 13.8 Å². The average Bonchev–Trinajstić information content (AvgIpc) is 2.91. The number of fused-ring (bicyclic) bond motifs is 1. The van der Waals surface area contributed by atoms with Crippen LogP contribution in [0.15, 0.2) is 29.3 Å². The number of carbonyl (C=O) groups excluding carboxylic acids is 1. The quantitative estimate of drug-likeness (QED) is 0.775. The summed E-state index contributed by atoms with van der Waals surface area (Å²) in [4.78, 5) is 29.6. The number of rotatable bonds is 4. The molecular weight excluding hydrogens is 348 g/mol. The number of thiophene rings is 1. The Labute approximate surface area is 145 Å². The molecule has 0 atom stereocenters. The second kappa shape index (κ2) is 6.72. The van der Waals surface area contributed by atoms with Gasteiger partial charge in [-0.15, -0.1) is 11.3 Å². The van der Waals surface area contributed by atoms with Crippen molar-refractivity contribution in [2.45, 2.75) is 13.3 Å². The van der Waals surface area contributed by atoms with Crippen LogP contribution in [0, 0.1) is 18.6 Å². The van der Waals surface area contributed by atoms with E-state index in [4.69, 9.17) is 0 Å². The lowest BCUT2D eigenvalue weighted by atomic mass is 10.1. The van der Waals surface area contributed by atoms with E-state index in [2.05, 4.69) is 10.3 Å². The van der Waals surface area contributed by atoms with Gasteiger partial charge in [0.15, 0.2) is 0 Å². The standard InChI is InChI=1S/C17H15F2N3O2S/c1-9-13-16(21-8-22(2)17(13)24)25-14(9)15(23)20-7-6-10-11(18)4-3-5-12(10)19/h3-5,8H,6-7H2,1-2H3,(H,20,23). The summed E-state index contributed by atoms with van der Waals surface area (Å²) < 4.78 is 28.5. The van der Waals surface area contributed by atoms with Crippen molar-refractivity contribution in [2.24, 2.45) is 7.05 Å². The lowest BCUT2D eigenvalue weighted by molar-refractivity contribution is 0.0957. The molecule has 2 heterocycles. The molecule has 8 heteroatoms. The van der Waals surface area contributed by atoms with Crippen LogP contribution in [0.2, 0.25) is 0 Å². The van der Waals surface area contributed by atoms with Gasteiger partial charge in [-0.2, -0.15) is 0 Å². The molecule has 25 heavy (non-hydrogen) atoms. The molecule has 0 spiro atoms. The zero-order valence-corrected chi connectivity index (χ0v) is 14.4. The molecule has 3 aromatic rings. The average molecular weight is 363 g/mol. The van der Waals surface area contributed by atoms with Crippen LogP contribution >= 0.6 is 11.3 Å². The Hall–Kier alpha value is -2.61. The number of nitrogens with one attached hydrogen (secondary N) is 1. The molecule has 1 amide bonds. The van der Waals surface area contributed by atoms with Crippen molar-refractivity contribution < 1.29 is 13.6 Å². The zero-order chi connectivity index (χ0) is 18.1. The van der Waals surface area contributed by atoms with Crippen molar-refractivity contribution in [3.05, 3.63) is 62.5 Å². The van der Waals surface area contributed by atoms with Crippen molar-refractivity contribution in [3.63, 3.8) is 0 Å². The number of nitrogens with zero attached hydrogens (tertiary/aromatic N) is 2. The minimum atomic E-state index is -0.639. The van der Waals surface area contributed by atoms with Crippen LogP contribution in [0.5, 0.6) is 0 Å². The van der Waals surface area contributed by atoms with Crippen molar-refractivity contribution in [3.8, 4) is 0 Å². The van der Waals surface area contributed by atoms with E-state index < -0.39 is 11.6 Å². The first-order valence-electron chi connectivity index (χ1n) is 7.56. The third-order valence-corrected chi connectivity index (χ3v) is 5.14. The second-order valence-electron chi connectivity index (χ2n) is 5.60. The van der Waals surface area contributed by atoms with Gasteiger partial charge in [-0.1, -0.05) is 6.07 Å². The summed E-state index contributed by atoms with van der Waals surface area (Å²) in [6.07, 6.45) is 1.44. The molecule has 0 aliphatic carbocycles. The number of hydrogen-bond donors (Lipinski definition) is 1. The Kier molecular flexibility index (Phi) is 4.63. The minimum absolute atomic E-state index is 0.0359.